The maximum absolute atomic E-state index is 5.88. The molecule has 0 unspecified atom stereocenters. The van der Waals surface area contributed by atoms with E-state index in [0.717, 1.165) is 43.8 Å². The monoisotopic (exact) mass is 446 g/mol. The Hall–Kier alpha value is -3.35. The molecule has 3 aromatic carbocycles. The Bertz CT molecular complexity index is 1130. The van der Waals surface area contributed by atoms with Crippen LogP contribution in [0, 0.1) is 0 Å². The van der Waals surface area contributed by atoms with Crippen LogP contribution in [0.3, 0.4) is 0 Å². The van der Waals surface area contributed by atoms with Crippen LogP contribution in [0.15, 0.2) is 79.0 Å². The molecule has 1 aromatic heterocycles. The number of ether oxygens (including phenoxy) is 3. The number of methoxy groups -OCH3 is 2. The Balaban J connectivity index is 1.32. The number of thiazole rings is 1. The lowest BCUT2D eigenvalue weighted by atomic mass is 10.2. The van der Waals surface area contributed by atoms with E-state index in [1.807, 2.05) is 54.7 Å². The number of nitrogens with zero attached hydrogens (tertiary/aromatic N) is 1. The molecular formula is C26H26N2O3S. The molecule has 0 saturated heterocycles. The maximum Gasteiger partial charge on any atom is 0.165 e. The Labute approximate surface area is 192 Å². The lowest BCUT2D eigenvalue weighted by molar-refractivity contribution is 0.306. The van der Waals surface area contributed by atoms with E-state index in [4.69, 9.17) is 14.2 Å². The van der Waals surface area contributed by atoms with Gasteiger partial charge in [-0.25, -0.2) is 4.98 Å². The molecule has 1 heterocycles. The zero-order valence-corrected chi connectivity index (χ0v) is 19.0. The lowest BCUT2D eigenvalue weighted by Crippen LogP contribution is -2.13. The molecule has 0 saturated carbocycles. The third-order valence-electron chi connectivity index (χ3n) is 5.02. The minimum atomic E-state index is 0.564. The first-order chi connectivity index (χ1) is 15.8. The number of nitrogens with one attached hydrogen (secondary N) is 1. The first-order valence-electron chi connectivity index (χ1n) is 10.4. The summed E-state index contributed by atoms with van der Waals surface area (Å²) in [5, 5.41) is 4.48. The molecule has 6 heteroatoms. The molecule has 164 valence electrons. The van der Waals surface area contributed by atoms with Gasteiger partial charge < -0.3 is 19.5 Å². The third-order valence-corrected chi connectivity index (χ3v) is 6.06. The maximum atomic E-state index is 5.88. The van der Waals surface area contributed by atoms with Crippen LogP contribution < -0.4 is 19.5 Å². The predicted molar refractivity (Wildman–Crippen MR) is 128 cm³/mol. The van der Waals surface area contributed by atoms with E-state index in [2.05, 4.69) is 34.6 Å². The average Bonchev–Trinajstić information content (AvgIpc) is 3.32. The molecule has 0 fully saturated rings. The van der Waals surface area contributed by atoms with Crippen LogP contribution in [0.25, 0.3) is 10.4 Å². The van der Waals surface area contributed by atoms with Crippen molar-refractivity contribution >= 4 is 11.3 Å². The summed E-state index contributed by atoms with van der Waals surface area (Å²) < 4.78 is 16.7. The number of hydrogen-bond donors (Lipinski definition) is 1. The van der Waals surface area contributed by atoms with E-state index in [9.17, 15) is 0 Å². The van der Waals surface area contributed by atoms with Crippen molar-refractivity contribution in [3.8, 4) is 27.7 Å². The number of hydrogen-bond acceptors (Lipinski definition) is 6. The zero-order valence-electron chi connectivity index (χ0n) is 18.2. The Morgan fingerprint density at radius 2 is 1.66 bits per heavy atom. The first kappa shape index (κ1) is 21.9. The third kappa shape index (κ3) is 5.46. The van der Waals surface area contributed by atoms with Gasteiger partial charge in [0.05, 0.1) is 19.1 Å². The Morgan fingerprint density at radius 3 is 2.41 bits per heavy atom. The van der Waals surface area contributed by atoms with Gasteiger partial charge in [0, 0.05) is 24.8 Å². The molecule has 0 amide bonds. The highest BCUT2D eigenvalue weighted by atomic mass is 32.1. The summed E-state index contributed by atoms with van der Waals surface area (Å²) >= 11 is 1.68. The van der Waals surface area contributed by atoms with Gasteiger partial charge in [0.15, 0.2) is 11.5 Å². The fourth-order valence-electron chi connectivity index (χ4n) is 3.38. The summed E-state index contributed by atoms with van der Waals surface area (Å²) in [5.74, 6) is 2.35. The van der Waals surface area contributed by atoms with Crippen LogP contribution in [-0.2, 0) is 19.7 Å². The van der Waals surface area contributed by atoms with E-state index in [1.165, 1.54) is 0 Å². The van der Waals surface area contributed by atoms with Crippen LogP contribution in [0.5, 0.6) is 17.2 Å². The van der Waals surface area contributed by atoms with Crippen LogP contribution >= 0.6 is 11.3 Å². The molecule has 0 bridgehead atoms. The molecule has 0 aliphatic rings. The lowest BCUT2D eigenvalue weighted by Gasteiger charge is -2.12. The molecule has 0 atom stereocenters. The van der Waals surface area contributed by atoms with Crippen molar-refractivity contribution in [3.63, 3.8) is 0 Å². The quantitative estimate of drug-likeness (QED) is 0.339. The molecule has 4 aromatic rings. The molecule has 32 heavy (non-hydrogen) atoms. The van der Waals surface area contributed by atoms with Gasteiger partial charge in [-0.2, -0.15) is 0 Å². The van der Waals surface area contributed by atoms with Crippen molar-refractivity contribution in [3.05, 3.63) is 95.1 Å². The van der Waals surface area contributed by atoms with Gasteiger partial charge in [0.25, 0.3) is 0 Å². The van der Waals surface area contributed by atoms with E-state index < -0.39 is 0 Å². The van der Waals surface area contributed by atoms with Crippen molar-refractivity contribution in [2.24, 2.45) is 0 Å². The van der Waals surface area contributed by atoms with Crippen molar-refractivity contribution in [1.29, 1.82) is 0 Å². The Kier molecular flexibility index (Phi) is 7.38. The largest absolute Gasteiger partial charge is 0.493 e. The van der Waals surface area contributed by atoms with E-state index in [-0.39, 0.29) is 0 Å². The summed E-state index contributed by atoms with van der Waals surface area (Å²) in [6.07, 6.45) is 1.92. The zero-order chi connectivity index (χ0) is 22.2. The highest BCUT2D eigenvalue weighted by molar-refractivity contribution is 7.15. The summed E-state index contributed by atoms with van der Waals surface area (Å²) in [7, 11) is 3.31. The smallest absolute Gasteiger partial charge is 0.165 e. The second kappa shape index (κ2) is 10.8. The minimum Gasteiger partial charge on any atom is -0.493 e. The summed E-state index contributed by atoms with van der Waals surface area (Å²) in [4.78, 5) is 5.70. The van der Waals surface area contributed by atoms with E-state index in [0.29, 0.717) is 19.7 Å². The fraction of sp³-hybridized carbons (Fsp3) is 0.192. The standard InChI is InChI=1S/C26H26N2O3S/c1-29-23-10-6-9-21(26(23)30-2)15-27-17-25-28-16-24(32-25)20-11-13-22(14-12-20)31-18-19-7-4-3-5-8-19/h3-14,16,27H,15,17-18H2,1-2H3. The van der Waals surface area contributed by atoms with E-state index in [1.54, 1.807) is 25.6 Å². The van der Waals surface area contributed by atoms with Gasteiger partial charge in [-0.1, -0.05) is 42.5 Å². The summed E-state index contributed by atoms with van der Waals surface area (Å²) in [6, 6.07) is 24.2. The van der Waals surface area contributed by atoms with Crippen molar-refractivity contribution in [1.82, 2.24) is 10.3 Å². The summed E-state index contributed by atoms with van der Waals surface area (Å²) in [5.41, 5.74) is 3.34. The van der Waals surface area contributed by atoms with Crippen molar-refractivity contribution < 1.29 is 14.2 Å². The van der Waals surface area contributed by atoms with Gasteiger partial charge in [-0.3, -0.25) is 0 Å². The Morgan fingerprint density at radius 1 is 0.844 bits per heavy atom. The molecule has 4 rings (SSSR count). The minimum absolute atomic E-state index is 0.564. The second-order valence-electron chi connectivity index (χ2n) is 7.17. The SMILES string of the molecule is COc1cccc(CNCc2ncc(-c3ccc(OCc4ccccc4)cc3)s2)c1OC. The van der Waals surface area contributed by atoms with Crippen LogP contribution in [-0.4, -0.2) is 19.2 Å². The number of aromatic nitrogens is 1. The molecule has 0 aliphatic carbocycles. The van der Waals surface area contributed by atoms with Crippen molar-refractivity contribution in [2.45, 2.75) is 19.7 Å². The molecule has 5 nitrogen and oxygen atoms in total. The van der Waals surface area contributed by atoms with Crippen LogP contribution in [0.2, 0.25) is 0 Å². The van der Waals surface area contributed by atoms with Crippen LogP contribution in [0.1, 0.15) is 16.1 Å². The normalized spacial score (nSPS) is 10.7. The molecule has 0 spiro atoms. The van der Waals surface area contributed by atoms with Gasteiger partial charge in [-0.05, 0) is 41.5 Å². The fourth-order valence-corrected chi connectivity index (χ4v) is 4.27. The number of para-hydroxylation sites is 1. The van der Waals surface area contributed by atoms with Crippen LogP contribution in [0.4, 0.5) is 0 Å². The van der Waals surface area contributed by atoms with E-state index >= 15 is 0 Å². The van der Waals surface area contributed by atoms with Gasteiger partial charge in [0.2, 0.25) is 0 Å². The first-order valence-corrected chi connectivity index (χ1v) is 11.2. The van der Waals surface area contributed by atoms with Gasteiger partial charge in [0.1, 0.15) is 17.4 Å². The second-order valence-corrected chi connectivity index (χ2v) is 8.29. The number of benzene rings is 3. The molecule has 0 aliphatic heterocycles. The van der Waals surface area contributed by atoms with Gasteiger partial charge >= 0.3 is 0 Å². The average molecular weight is 447 g/mol. The molecular weight excluding hydrogens is 420 g/mol. The molecule has 0 radical (unpaired) electrons. The topological polar surface area (TPSA) is 52.6 Å². The predicted octanol–water partition coefficient (Wildman–Crippen LogP) is 5.70. The highest BCUT2D eigenvalue weighted by Crippen LogP contribution is 2.31. The highest BCUT2D eigenvalue weighted by Gasteiger charge is 2.10. The van der Waals surface area contributed by atoms with Crippen molar-refractivity contribution in [2.75, 3.05) is 14.2 Å². The molecule has 1 N–H and O–H groups in total. The number of rotatable bonds is 10. The summed E-state index contributed by atoms with van der Waals surface area (Å²) in [6.45, 7) is 1.92. The van der Waals surface area contributed by atoms with Gasteiger partial charge in [-0.15, -0.1) is 11.3 Å².